The van der Waals surface area contributed by atoms with Gasteiger partial charge >= 0.3 is 5.97 Å². The molecule has 0 fully saturated rings. The van der Waals surface area contributed by atoms with Gasteiger partial charge in [-0.3, -0.25) is 4.79 Å². The molecule has 0 saturated carbocycles. The van der Waals surface area contributed by atoms with Gasteiger partial charge in [-0.25, -0.2) is 4.79 Å². The second kappa shape index (κ2) is 5.24. The fourth-order valence-corrected chi connectivity index (χ4v) is 1.08. The maximum Gasteiger partial charge on any atom is 0.333 e. The monoisotopic (exact) mass is 242 g/mol. The van der Waals surface area contributed by atoms with E-state index < -0.39 is 17.7 Å². The molecule has 0 aliphatic rings. The summed E-state index contributed by atoms with van der Waals surface area (Å²) in [5.74, 6) is -1.71. The van der Waals surface area contributed by atoms with Gasteiger partial charge in [0.2, 0.25) is 17.7 Å². The Hall–Kier alpha value is -2.18. The van der Waals surface area contributed by atoms with Gasteiger partial charge < -0.3 is 20.0 Å². The molecule has 1 rings (SSSR count). The van der Waals surface area contributed by atoms with Crippen LogP contribution in [0, 0.1) is 0 Å². The zero-order valence-corrected chi connectivity index (χ0v) is 9.58. The van der Waals surface area contributed by atoms with Gasteiger partial charge in [0.05, 0.1) is 6.42 Å². The highest BCUT2D eigenvalue weighted by atomic mass is 16.7. The second-order valence-corrected chi connectivity index (χ2v) is 3.60. The molecule has 0 aliphatic heterocycles. The van der Waals surface area contributed by atoms with Crippen molar-refractivity contribution in [2.75, 3.05) is 14.1 Å². The van der Waals surface area contributed by atoms with E-state index in [0.29, 0.717) is 4.73 Å². The molecule has 0 aromatic carbocycles. The molecule has 0 radical (unpaired) electrons. The molecule has 1 heterocycles. The molecule has 0 aliphatic carbocycles. The molecule has 94 valence electrons. The summed E-state index contributed by atoms with van der Waals surface area (Å²) < 4.78 is 0.586. The Morgan fingerprint density at radius 2 is 1.76 bits per heavy atom. The van der Waals surface area contributed by atoms with Crippen molar-refractivity contribution in [2.45, 2.75) is 12.8 Å². The molecule has 0 saturated heterocycles. The largest absolute Gasteiger partial charge is 0.492 e. The Labute approximate surface area is 97.8 Å². The maximum absolute atomic E-state index is 11.3. The Kier molecular flexibility index (Phi) is 3.97. The molecule has 1 aromatic heterocycles. The first-order valence-corrected chi connectivity index (χ1v) is 4.93. The second-order valence-electron chi connectivity index (χ2n) is 3.60. The van der Waals surface area contributed by atoms with Gasteiger partial charge in [-0.05, 0) is 0 Å². The first kappa shape index (κ1) is 12.9. The Bertz CT molecular complexity index is 405. The van der Waals surface area contributed by atoms with E-state index in [0.717, 1.165) is 0 Å². The number of carbonyl (C=O) groups excluding carboxylic acids is 2. The van der Waals surface area contributed by atoms with Crippen molar-refractivity contribution in [2.24, 2.45) is 0 Å². The third kappa shape index (κ3) is 3.40. The van der Waals surface area contributed by atoms with Gasteiger partial charge in [0.25, 0.3) is 0 Å². The lowest BCUT2D eigenvalue weighted by molar-refractivity contribution is -0.147. The molecule has 2 N–H and O–H groups in total. The quantitative estimate of drug-likeness (QED) is 0.757. The summed E-state index contributed by atoms with van der Waals surface area (Å²) in [5.41, 5.74) is 0. The Balaban J connectivity index is 2.48. The van der Waals surface area contributed by atoms with E-state index >= 15 is 0 Å². The average molecular weight is 242 g/mol. The van der Waals surface area contributed by atoms with Crippen molar-refractivity contribution >= 4 is 11.9 Å². The van der Waals surface area contributed by atoms with Crippen LogP contribution in [0.25, 0.3) is 0 Å². The number of carbonyl (C=O) groups is 2. The molecule has 0 bridgehead atoms. The van der Waals surface area contributed by atoms with Crippen LogP contribution in [0.1, 0.15) is 12.8 Å². The number of aromatic hydroxyl groups is 2. The standard InChI is InChI=1S/C10H14N2O5/c1-11(2)7(13)5-6-10(16)17-12-8(14)3-4-9(12)15/h3-4,14-15H,5-6H2,1-2H3. The third-order valence-electron chi connectivity index (χ3n) is 2.03. The molecule has 1 amide bonds. The zero-order valence-electron chi connectivity index (χ0n) is 9.58. The summed E-state index contributed by atoms with van der Waals surface area (Å²) in [4.78, 5) is 28.5. The zero-order chi connectivity index (χ0) is 13.0. The normalized spacial score (nSPS) is 10.0. The third-order valence-corrected chi connectivity index (χ3v) is 2.03. The van der Waals surface area contributed by atoms with Crippen LogP contribution in [-0.4, -0.2) is 45.8 Å². The van der Waals surface area contributed by atoms with Crippen LogP contribution in [0.2, 0.25) is 0 Å². The van der Waals surface area contributed by atoms with Crippen LogP contribution in [0.3, 0.4) is 0 Å². The van der Waals surface area contributed by atoms with Gasteiger partial charge in [-0.15, -0.1) is 4.73 Å². The molecule has 0 unspecified atom stereocenters. The lowest BCUT2D eigenvalue weighted by Gasteiger charge is -2.10. The molecule has 7 heteroatoms. The lowest BCUT2D eigenvalue weighted by Crippen LogP contribution is -2.25. The number of hydrogen-bond acceptors (Lipinski definition) is 5. The Morgan fingerprint density at radius 1 is 1.24 bits per heavy atom. The van der Waals surface area contributed by atoms with Gasteiger partial charge in [0, 0.05) is 32.6 Å². The van der Waals surface area contributed by atoms with E-state index in [-0.39, 0.29) is 18.7 Å². The lowest BCUT2D eigenvalue weighted by atomic mass is 10.3. The SMILES string of the molecule is CN(C)C(=O)CCC(=O)On1c(O)ccc1O. The minimum absolute atomic E-state index is 0.00856. The van der Waals surface area contributed by atoms with Crippen LogP contribution >= 0.6 is 0 Å². The maximum atomic E-state index is 11.3. The fourth-order valence-electron chi connectivity index (χ4n) is 1.08. The van der Waals surface area contributed by atoms with Crippen LogP contribution in [0.15, 0.2) is 12.1 Å². The highest BCUT2D eigenvalue weighted by molar-refractivity contribution is 5.81. The van der Waals surface area contributed by atoms with Crippen molar-refractivity contribution in [3.8, 4) is 11.8 Å². The number of hydrogen-bond donors (Lipinski definition) is 2. The van der Waals surface area contributed by atoms with E-state index in [1.807, 2.05) is 0 Å². The summed E-state index contributed by atoms with van der Waals surface area (Å²) in [6.07, 6.45) is -0.122. The van der Waals surface area contributed by atoms with E-state index in [4.69, 9.17) is 0 Å². The van der Waals surface area contributed by atoms with Gasteiger partial charge in [-0.1, -0.05) is 0 Å². The van der Waals surface area contributed by atoms with E-state index in [9.17, 15) is 19.8 Å². The number of aromatic nitrogens is 1. The van der Waals surface area contributed by atoms with E-state index in [2.05, 4.69) is 4.84 Å². The minimum Gasteiger partial charge on any atom is -0.492 e. The molecule has 1 aromatic rings. The average Bonchev–Trinajstić information content (AvgIpc) is 2.57. The van der Waals surface area contributed by atoms with Gasteiger partial charge in [0.1, 0.15) is 0 Å². The molecule has 0 atom stereocenters. The first-order chi connectivity index (χ1) is 7.91. The summed E-state index contributed by atoms with van der Waals surface area (Å²) in [6, 6.07) is 2.35. The number of nitrogens with zero attached hydrogens (tertiary/aromatic N) is 2. The smallest absolute Gasteiger partial charge is 0.333 e. The van der Waals surface area contributed by atoms with Crippen molar-refractivity contribution in [3.05, 3.63) is 12.1 Å². The van der Waals surface area contributed by atoms with Crippen molar-refractivity contribution < 1.29 is 24.6 Å². The Morgan fingerprint density at radius 3 is 2.24 bits per heavy atom. The minimum atomic E-state index is -0.720. The number of amides is 1. The van der Waals surface area contributed by atoms with Gasteiger partial charge in [-0.2, -0.15) is 0 Å². The highest BCUT2D eigenvalue weighted by Gasteiger charge is 2.14. The topological polar surface area (TPSA) is 92.0 Å². The predicted octanol–water partition coefficient (Wildman–Crippen LogP) is -0.277. The predicted molar refractivity (Wildman–Crippen MR) is 57.3 cm³/mol. The first-order valence-electron chi connectivity index (χ1n) is 4.93. The van der Waals surface area contributed by atoms with Crippen molar-refractivity contribution in [1.82, 2.24) is 9.63 Å². The summed E-state index contributed by atoms with van der Waals surface area (Å²) in [6.45, 7) is 0. The summed E-state index contributed by atoms with van der Waals surface area (Å²) in [5, 5.41) is 18.4. The number of rotatable bonds is 4. The van der Waals surface area contributed by atoms with E-state index in [1.165, 1.54) is 17.0 Å². The van der Waals surface area contributed by atoms with Crippen LogP contribution < -0.4 is 4.84 Å². The summed E-state index contributed by atoms with van der Waals surface area (Å²) in [7, 11) is 3.16. The highest BCUT2D eigenvalue weighted by Crippen LogP contribution is 2.18. The van der Waals surface area contributed by atoms with Crippen LogP contribution in [-0.2, 0) is 9.59 Å². The molecule has 0 spiro atoms. The molecular formula is C10H14N2O5. The molecular weight excluding hydrogens is 228 g/mol. The van der Waals surface area contributed by atoms with Crippen LogP contribution in [0.5, 0.6) is 11.8 Å². The van der Waals surface area contributed by atoms with Crippen molar-refractivity contribution in [3.63, 3.8) is 0 Å². The summed E-state index contributed by atoms with van der Waals surface area (Å²) >= 11 is 0. The molecule has 17 heavy (non-hydrogen) atoms. The van der Waals surface area contributed by atoms with Crippen molar-refractivity contribution in [1.29, 1.82) is 0 Å². The fraction of sp³-hybridized carbons (Fsp3) is 0.400. The van der Waals surface area contributed by atoms with E-state index in [1.54, 1.807) is 14.1 Å². The van der Waals surface area contributed by atoms with Crippen LogP contribution in [0.4, 0.5) is 0 Å². The van der Waals surface area contributed by atoms with Gasteiger partial charge in [0.15, 0.2) is 0 Å². The molecule has 7 nitrogen and oxygen atoms in total.